The minimum absolute atomic E-state index is 0.0566. The predicted molar refractivity (Wildman–Crippen MR) is 84.0 cm³/mol. The van der Waals surface area contributed by atoms with E-state index in [1.807, 2.05) is 37.3 Å². The summed E-state index contributed by atoms with van der Waals surface area (Å²) >= 11 is 7.17. The second-order valence-corrected chi connectivity index (χ2v) is 7.65. The Balaban J connectivity index is 2.20. The third kappa shape index (κ3) is 5.14. The average molecular weight is 345 g/mol. The van der Waals surface area contributed by atoms with Crippen LogP contribution in [0.2, 0.25) is 5.28 Å². The van der Waals surface area contributed by atoms with Crippen molar-refractivity contribution in [3.05, 3.63) is 41.2 Å². The van der Waals surface area contributed by atoms with Gasteiger partial charge in [0.1, 0.15) is 0 Å². The maximum atomic E-state index is 11.2. The summed E-state index contributed by atoms with van der Waals surface area (Å²) in [5.74, 6) is -0.0831. The van der Waals surface area contributed by atoms with Crippen LogP contribution in [-0.2, 0) is 10.0 Å². The van der Waals surface area contributed by atoms with Crippen molar-refractivity contribution in [2.75, 3.05) is 11.0 Å². The number of sulfonamides is 1. The van der Waals surface area contributed by atoms with Gasteiger partial charge in [-0.05, 0) is 24.1 Å². The molecule has 1 N–H and O–H groups in total. The van der Waals surface area contributed by atoms with Crippen LogP contribution in [0, 0.1) is 0 Å². The molecule has 1 atom stereocenters. The summed E-state index contributed by atoms with van der Waals surface area (Å²) in [6.07, 6.45) is 1.02. The maximum absolute atomic E-state index is 11.2. The van der Waals surface area contributed by atoms with Crippen LogP contribution in [0.25, 0.3) is 0 Å². The van der Waals surface area contributed by atoms with E-state index in [9.17, 15) is 8.42 Å². The molecular weight excluding hydrogens is 332 g/mol. The Morgan fingerprint density at radius 3 is 2.48 bits per heavy atom. The Labute approximate surface area is 132 Å². The van der Waals surface area contributed by atoms with Gasteiger partial charge >= 0.3 is 0 Å². The zero-order valence-electron chi connectivity index (χ0n) is 11.3. The zero-order valence-corrected chi connectivity index (χ0v) is 13.7. The molecule has 0 aliphatic heterocycles. The number of aromatic nitrogens is 3. The number of anilines is 1. The van der Waals surface area contributed by atoms with Gasteiger partial charge in [0.25, 0.3) is 0 Å². The maximum Gasteiger partial charge on any atom is 0.241 e. The minimum atomic E-state index is -3.46. The molecular formula is C12H13ClN4O2S2. The summed E-state index contributed by atoms with van der Waals surface area (Å²) in [5, 5.41) is 0.396. The fourth-order valence-corrected chi connectivity index (χ4v) is 3.07. The summed E-state index contributed by atoms with van der Waals surface area (Å²) in [7, 11) is -3.46. The van der Waals surface area contributed by atoms with Crippen molar-refractivity contribution in [3.8, 4) is 0 Å². The van der Waals surface area contributed by atoms with E-state index in [-0.39, 0.29) is 16.5 Å². The van der Waals surface area contributed by atoms with Gasteiger partial charge in [0.2, 0.25) is 21.3 Å². The van der Waals surface area contributed by atoms with Crippen molar-refractivity contribution in [2.24, 2.45) is 0 Å². The first-order chi connectivity index (χ1) is 9.83. The number of rotatable bonds is 5. The predicted octanol–water partition coefficient (Wildman–Crippen LogP) is 2.75. The van der Waals surface area contributed by atoms with Gasteiger partial charge in [0.05, 0.1) is 6.26 Å². The van der Waals surface area contributed by atoms with Crippen LogP contribution in [0.4, 0.5) is 5.95 Å². The summed E-state index contributed by atoms with van der Waals surface area (Å²) in [6.45, 7) is 2.00. The van der Waals surface area contributed by atoms with Gasteiger partial charge < -0.3 is 0 Å². The van der Waals surface area contributed by atoms with E-state index in [2.05, 4.69) is 19.7 Å². The molecule has 0 spiro atoms. The van der Waals surface area contributed by atoms with Crippen molar-refractivity contribution < 1.29 is 8.42 Å². The van der Waals surface area contributed by atoms with Crippen molar-refractivity contribution in [1.82, 2.24) is 15.0 Å². The molecule has 1 aromatic carbocycles. The Morgan fingerprint density at radius 2 is 1.86 bits per heavy atom. The standard InChI is InChI=1S/C12H13ClN4O2S2/c1-8(9-6-4-3-5-7-9)20-12-15-10(13)14-11(16-12)17-21(2,18)19/h3-8H,1-2H3,(H,14,15,16,17). The van der Waals surface area contributed by atoms with Gasteiger partial charge in [-0.15, -0.1) is 0 Å². The first-order valence-corrected chi connectivity index (χ1v) is 9.09. The lowest BCUT2D eigenvalue weighted by Gasteiger charge is -2.11. The third-order valence-corrected chi connectivity index (χ3v) is 4.16. The molecule has 2 aromatic rings. The van der Waals surface area contributed by atoms with Crippen LogP contribution in [0.3, 0.4) is 0 Å². The van der Waals surface area contributed by atoms with Crippen molar-refractivity contribution >= 4 is 39.3 Å². The van der Waals surface area contributed by atoms with E-state index in [1.165, 1.54) is 11.8 Å². The smallest absolute Gasteiger partial charge is 0.241 e. The van der Waals surface area contributed by atoms with Gasteiger partial charge in [-0.1, -0.05) is 42.1 Å². The molecule has 0 aliphatic rings. The molecule has 2 rings (SSSR count). The molecule has 112 valence electrons. The lowest BCUT2D eigenvalue weighted by molar-refractivity contribution is 0.606. The van der Waals surface area contributed by atoms with Crippen molar-refractivity contribution in [1.29, 1.82) is 0 Å². The topological polar surface area (TPSA) is 84.8 Å². The molecule has 0 radical (unpaired) electrons. The molecule has 0 saturated carbocycles. The number of nitrogens with one attached hydrogen (secondary N) is 1. The summed E-state index contributed by atoms with van der Waals surface area (Å²) in [4.78, 5) is 11.8. The Morgan fingerprint density at radius 1 is 1.19 bits per heavy atom. The second-order valence-electron chi connectivity index (χ2n) is 4.26. The highest BCUT2D eigenvalue weighted by molar-refractivity contribution is 7.99. The molecule has 9 heteroatoms. The SMILES string of the molecule is CC(Sc1nc(Cl)nc(NS(C)(=O)=O)n1)c1ccccc1. The molecule has 0 bridgehead atoms. The molecule has 6 nitrogen and oxygen atoms in total. The van der Waals surface area contributed by atoms with Gasteiger partial charge in [-0.2, -0.15) is 15.0 Å². The van der Waals surface area contributed by atoms with Crippen LogP contribution in [0.15, 0.2) is 35.5 Å². The zero-order chi connectivity index (χ0) is 15.5. The van der Waals surface area contributed by atoms with Gasteiger partial charge in [-0.3, -0.25) is 4.72 Å². The molecule has 0 fully saturated rings. The van der Waals surface area contributed by atoms with E-state index < -0.39 is 10.0 Å². The first kappa shape index (κ1) is 16.0. The monoisotopic (exact) mass is 344 g/mol. The van der Waals surface area contributed by atoms with Crippen LogP contribution in [-0.4, -0.2) is 29.6 Å². The summed E-state index contributed by atoms with van der Waals surface area (Å²) < 4.78 is 24.6. The van der Waals surface area contributed by atoms with Crippen LogP contribution >= 0.6 is 23.4 Å². The Bertz CT molecular complexity index is 725. The number of halogens is 1. The van der Waals surface area contributed by atoms with Gasteiger partial charge in [0.15, 0.2) is 5.16 Å². The molecule has 1 heterocycles. The number of thioether (sulfide) groups is 1. The molecule has 0 saturated heterocycles. The average Bonchev–Trinajstić information content (AvgIpc) is 2.36. The largest absolute Gasteiger partial charge is 0.251 e. The highest BCUT2D eigenvalue weighted by atomic mass is 35.5. The molecule has 21 heavy (non-hydrogen) atoms. The van der Waals surface area contributed by atoms with E-state index >= 15 is 0 Å². The number of nitrogens with zero attached hydrogens (tertiary/aromatic N) is 3. The summed E-state index contributed by atoms with van der Waals surface area (Å²) in [5.41, 5.74) is 1.11. The highest BCUT2D eigenvalue weighted by Crippen LogP contribution is 2.33. The number of benzene rings is 1. The quantitative estimate of drug-likeness (QED) is 0.839. The third-order valence-electron chi connectivity index (χ3n) is 2.42. The first-order valence-electron chi connectivity index (χ1n) is 5.94. The lowest BCUT2D eigenvalue weighted by atomic mass is 10.2. The van der Waals surface area contributed by atoms with E-state index in [1.54, 1.807) is 0 Å². The van der Waals surface area contributed by atoms with Crippen LogP contribution in [0.1, 0.15) is 17.7 Å². The summed E-state index contributed by atoms with van der Waals surface area (Å²) in [6, 6.07) is 9.83. The highest BCUT2D eigenvalue weighted by Gasteiger charge is 2.13. The normalized spacial score (nSPS) is 12.9. The fraction of sp³-hybridized carbons (Fsp3) is 0.250. The van der Waals surface area contributed by atoms with Crippen LogP contribution in [0.5, 0.6) is 0 Å². The lowest BCUT2D eigenvalue weighted by Crippen LogP contribution is -2.13. The minimum Gasteiger partial charge on any atom is -0.251 e. The van der Waals surface area contributed by atoms with Crippen molar-refractivity contribution in [2.45, 2.75) is 17.3 Å². The van der Waals surface area contributed by atoms with E-state index in [0.717, 1.165) is 11.8 Å². The second kappa shape index (κ2) is 6.59. The Hall–Kier alpha value is -1.38. The molecule has 1 unspecified atom stereocenters. The number of hydrogen-bond donors (Lipinski definition) is 1. The van der Waals surface area contributed by atoms with Gasteiger partial charge in [0, 0.05) is 5.25 Å². The van der Waals surface area contributed by atoms with Crippen LogP contribution < -0.4 is 4.72 Å². The van der Waals surface area contributed by atoms with Gasteiger partial charge in [-0.25, -0.2) is 8.42 Å². The molecule has 1 aromatic heterocycles. The fourth-order valence-electron chi connectivity index (χ4n) is 1.55. The Kier molecular flexibility index (Phi) is 5.02. The van der Waals surface area contributed by atoms with Crippen molar-refractivity contribution in [3.63, 3.8) is 0 Å². The van der Waals surface area contributed by atoms with E-state index in [0.29, 0.717) is 5.16 Å². The molecule has 0 aliphatic carbocycles. The van der Waals surface area contributed by atoms with E-state index in [4.69, 9.17) is 11.6 Å². The molecule has 0 amide bonds. The number of hydrogen-bond acceptors (Lipinski definition) is 6.